The molecule has 5 heteroatoms. The van der Waals surface area contributed by atoms with Crippen molar-refractivity contribution in [1.29, 1.82) is 0 Å². The molecule has 1 aliphatic heterocycles. The van der Waals surface area contributed by atoms with Crippen LogP contribution in [0.3, 0.4) is 0 Å². The van der Waals surface area contributed by atoms with Crippen molar-refractivity contribution in [3.8, 4) is 0 Å². The lowest BCUT2D eigenvalue weighted by molar-refractivity contribution is 0.209. The summed E-state index contributed by atoms with van der Waals surface area (Å²) in [4.78, 5) is 11.6. The van der Waals surface area contributed by atoms with Gasteiger partial charge in [-0.1, -0.05) is 11.6 Å². The molecule has 2 rings (SSSR count). The molecule has 2 amide bonds. The lowest BCUT2D eigenvalue weighted by Crippen LogP contribution is -2.42. The van der Waals surface area contributed by atoms with Crippen LogP contribution in [-0.2, 0) is 0 Å². The van der Waals surface area contributed by atoms with Crippen molar-refractivity contribution in [3.63, 3.8) is 0 Å². The number of nitrogens with zero attached hydrogens (tertiary/aromatic N) is 1. The molecule has 0 radical (unpaired) electrons. The Bertz CT molecular complexity index is 360. The van der Waals surface area contributed by atoms with E-state index in [0.717, 1.165) is 31.6 Å². The molecular formula is C11H14ClN3O. The zero-order chi connectivity index (χ0) is 11.4. The van der Waals surface area contributed by atoms with Gasteiger partial charge in [-0.15, -0.1) is 0 Å². The summed E-state index contributed by atoms with van der Waals surface area (Å²) in [6, 6.07) is 6.82. The highest BCUT2D eigenvalue weighted by molar-refractivity contribution is 6.30. The Morgan fingerprint density at radius 2 is 1.81 bits per heavy atom. The fraction of sp³-hybridized carbons (Fsp3) is 0.364. The molecule has 1 aliphatic rings. The third-order valence-corrected chi connectivity index (χ3v) is 2.72. The van der Waals surface area contributed by atoms with E-state index in [9.17, 15) is 4.79 Å². The lowest BCUT2D eigenvalue weighted by atomic mass is 10.3. The molecule has 1 fully saturated rings. The van der Waals surface area contributed by atoms with E-state index in [4.69, 9.17) is 11.6 Å². The molecular weight excluding hydrogens is 226 g/mol. The molecule has 0 unspecified atom stereocenters. The van der Waals surface area contributed by atoms with Crippen LogP contribution in [0.2, 0.25) is 5.02 Å². The van der Waals surface area contributed by atoms with E-state index in [2.05, 4.69) is 10.7 Å². The molecule has 1 aromatic carbocycles. The van der Waals surface area contributed by atoms with Gasteiger partial charge in [0.2, 0.25) is 0 Å². The van der Waals surface area contributed by atoms with Crippen LogP contribution in [0.15, 0.2) is 24.3 Å². The molecule has 0 saturated carbocycles. The minimum Gasteiger partial charge on any atom is -0.307 e. The molecule has 0 aromatic heterocycles. The number of amides is 2. The second-order valence-electron chi connectivity index (χ2n) is 3.77. The second-order valence-corrected chi connectivity index (χ2v) is 4.20. The lowest BCUT2D eigenvalue weighted by Gasteiger charge is -2.16. The molecule has 1 saturated heterocycles. The van der Waals surface area contributed by atoms with Gasteiger partial charge in [0.05, 0.1) is 0 Å². The monoisotopic (exact) mass is 239 g/mol. The molecule has 16 heavy (non-hydrogen) atoms. The Morgan fingerprint density at radius 1 is 1.19 bits per heavy atom. The summed E-state index contributed by atoms with van der Waals surface area (Å²) in [6.45, 7) is 1.85. The summed E-state index contributed by atoms with van der Waals surface area (Å²) in [5.74, 6) is 0. The van der Waals surface area contributed by atoms with Gasteiger partial charge in [0.15, 0.2) is 0 Å². The topological polar surface area (TPSA) is 44.4 Å². The number of nitrogens with one attached hydrogen (secondary N) is 2. The van der Waals surface area contributed by atoms with Crippen LogP contribution in [0, 0.1) is 0 Å². The number of urea groups is 1. The Hall–Kier alpha value is -1.26. The van der Waals surface area contributed by atoms with Gasteiger partial charge in [-0.25, -0.2) is 9.80 Å². The van der Waals surface area contributed by atoms with Crippen LogP contribution in [0.5, 0.6) is 0 Å². The van der Waals surface area contributed by atoms with Crippen LogP contribution in [0.25, 0.3) is 0 Å². The van der Waals surface area contributed by atoms with Crippen molar-refractivity contribution in [2.75, 3.05) is 18.4 Å². The van der Waals surface area contributed by atoms with Crippen molar-refractivity contribution < 1.29 is 4.79 Å². The number of halogens is 1. The molecule has 4 nitrogen and oxygen atoms in total. The Labute approximate surface area is 99.5 Å². The van der Waals surface area contributed by atoms with Gasteiger partial charge >= 0.3 is 6.03 Å². The number of rotatable bonds is 2. The van der Waals surface area contributed by atoms with Crippen molar-refractivity contribution in [3.05, 3.63) is 29.3 Å². The van der Waals surface area contributed by atoms with Gasteiger partial charge in [0.25, 0.3) is 0 Å². The van der Waals surface area contributed by atoms with Gasteiger partial charge < -0.3 is 5.32 Å². The summed E-state index contributed by atoms with van der Waals surface area (Å²) in [7, 11) is 0. The first-order valence-electron chi connectivity index (χ1n) is 5.32. The van der Waals surface area contributed by atoms with Crippen molar-refractivity contribution >= 4 is 23.3 Å². The average Bonchev–Trinajstić information content (AvgIpc) is 2.74. The summed E-state index contributed by atoms with van der Waals surface area (Å²) in [6.07, 6.45) is 2.28. The standard InChI is InChI=1S/C11H14ClN3O/c12-9-3-5-10(6-4-9)13-11(16)14-15-7-1-2-8-15/h3-6H,1-2,7-8H2,(H2,13,14,16). The highest BCUT2D eigenvalue weighted by Crippen LogP contribution is 2.13. The predicted molar refractivity (Wildman–Crippen MR) is 64.4 cm³/mol. The number of carbonyl (C=O) groups excluding carboxylic acids is 1. The molecule has 86 valence electrons. The number of anilines is 1. The van der Waals surface area contributed by atoms with Gasteiger partial charge in [0.1, 0.15) is 0 Å². The predicted octanol–water partition coefficient (Wildman–Crippen LogP) is 2.47. The first-order valence-corrected chi connectivity index (χ1v) is 5.70. The number of hydrazine groups is 1. The fourth-order valence-electron chi connectivity index (χ4n) is 1.66. The number of carbonyl (C=O) groups is 1. The van der Waals surface area contributed by atoms with Gasteiger partial charge in [-0.05, 0) is 37.1 Å². The number of hydrogen-bond donors (Lipinski definition) is 2. The zero-order valence-electron chi connectivity index (χ0n) is 8.87. The quantitative estimate of drug-likeness (QED) is 0.833. The van der Waals surface area contributed by atoms with Gasteiger partial charge in [-0.3, -0.25) is 5.43 Å². The SMILES string of the molecule is O=C(Nc1ccc(Cl)cc1)NN1CCCC1. The van der Waals surface area contributed by atoms with Crippen molar-refractivity contribution in [1.82, 2.24) is 10.4 Å². The minimum atomic E-state index is -0.204. The zero-order valence-corrected chi connectivity index (χ0v) is 9.63. The second kappa shape index (κ2) is 5.18. The maximum absolute atomic E-state index is 11.6. The van der Waals surface area contributed by atoms with E-state index in [1.807, 2.05) is 5.01 Å². The van der Waals surface area contributed by atoms with E-state index < -0.39 is 0 Å². The fourth-order valence-corrected chi connectivity index (χ4v) is 1.79. The molecule has 0 aliphatic carbocycles. The largest absolute Gasteiger partial charge is 0.333 e. The third-order valence-electron chi connectivity index (χ3n) is 2.47. The molecule has 1 heterocycles. The van der Waals surface area contributed by atoms with Gasteiger partial charge in [0, 0.05) is 23.8 Å². The first-order chi connectivity index (χ1) is 7.74. The normalized spacial score (nSPS) is 16.1. The third kappa shape index (κ3) is 3.12. The van der Waals surface area contributed by atoms with E-state index >= 15 is 0 Å². The minimum absolute atomic E-state index is 0.204. The summed E-state index contributed by atoms with van der Waals surface area (Å²) >= 11 is 5.75. The molecule has 0 bridgehead atoms. The average molecular weight is 240 g/mol. The molecule has 2 N–H and O–H groups in total. The summed E-state index contributed by atoms with van der Waals surface area (Å²) < 4.78 is 0. The number of hydrogen-bond acceptors (Lipinski definition) is 2. The summed E-state index contributed by atoms with van der Waals surface area (Å²) in [5, 5.41) is 5.33. The van der Waals surface area contributed by atoms with Crippen LogP contribution < -0.4 is 10.7 Å². The molecule has 0 spiro atoms. The van der Waals surface area contributed by atoms with Crippen molar-refractivity contribution in [2.45, 2.75) is 12.8 Å². The Morgan fingerprint density at radius 3 is 2.44 bits per heavy atom. The van der Waals surface area contributed by atoms with Gasteiger partial charge in [-0.2, -0.15) is 0 Å². The molecule has 1 aromatic rings. The maximum Gasteiger partial charge on any atom is 0.333 e. The summed E-state index contributed by atoms with van der Waals surface area (Å²) in [5.41, 5.74) is 3.53. The van der Waals surface area contributed by atoms with Crippen LogP contribution >= 0.6 is 11.6 Å². The first kappa shape index (κ1) is 11.2. The van der Waals surface area contributed by atoms with E-state index in [1.165, 1.54) is 0 Å². The van der Waals surface area contributed by atoms with Crippen LogP contribution in [0.1, 0.15) is 12.8 Å². The van der Waals surface area contributed by atoms with Crippen LogP contribution in [0.4, 0.5) is 10.5 Å². The highest BCUT2D eigenvalue weighted by Gasteiger charge is 2.13. The Kier molecular flexibility index (Phi) is 3.64. The number of benzene rings is 1. The van der Waals surface area contributed by atoms with Crippen LogP contribution in [-0.4, -0.2) is 24.1 Å². The van der Waals surface area contributed by atoms with E-state index in [1.54, 1.807) is 24.3 Å². The smallest absolute Gasteiger partial charge is 0.307 e. The van der Waals surface area contributed by atoms with Crippen molar-refractivity contribution in [2.24, 2.45) is 0 Å². The maximum atomic E-state index is 11.6. The Balaban J connectivity index is 1.84. The van der Waals surface area contributed by atoms with E-state index in [-0.39, 0.29) is 6.03 Å². The molecule has 0 atom stereocenters. The van der Waals surface area contributed by atoms with E-state index in [0.29, 0.717) is 5.02 Å². The highest BCUT2D eigenvalue weighted by atomic mass is 35.5.